The van der Waals surface area contributed by atoms with Crippen molar-refractivity contribution in [3.63, 3.8) is 0 Å². The Bertz CT molecular complexity index is 928. The Morgan fingerprint density at radius 2 is 1.59 bits per heavy atom. The number of sulfonamides is 1. The molecule has 0 aliphatic carbocycles. The lowest BCUT2D eigenvalue weighted by Gasteiger charge is -2.22. The molecule has 0 saturated carbocycles. The first kappa shape index (κ1) is 22.4. The van der Waals surface area contributed by atoms with E-state index in [0.717, 1.165) is 6.26 Å². The van der Waals surface area contributed by atoms with E-state index < -0.39 is 10.0 Å². The Morgan fingerprint density at radius 1 is 0.966 bits per heavy atom. The van der Waals surface area contributed by atoms with Crippen LogP contribution in [0.2, 0.25) is 0 Å². The molecule has 2 aromatic rings. The molecule has 0 radical (unpaired) electrons. The maximum Gasteiger partial charge on any atom is 0.232 e. The van der Waals surface area contributed by atoms with Gasteiger partial charge in [-0.3, -0.25) is 9.10 Å². The van der Waals surface area contributed by atoms with E-state index >= 15 is 0 Å². The number of amides is 1. The Balaban J connectivity index is 1.99. The van der Waals surface area contributed by atoms with Gasteiger partial charge in [0.25, 0.3) is 0 Å². The minimum absolute atomic E-state index is 0.150. The monoisotopic (exact) mass is 422 g/mol. The molecule has 0 saturated heterocycles. The number of methoxy groups -OCH3 is 3. The number of rotatable bonds is 10. The van der Waals surface area contributed by atoms with Gasteiger partial charge in [-0.05, 0) is 42.8 Å². The third-order valence-corrected chi connectivity index (χ3v) is 5.40. The SMILES string of the molecule is COc1ccc(N(CCCC(=O)Nc2ccc(OC)cc2OC)S(C)(=O)=O)cc1. The average molecular weight is 423 g/mol. The summed E-state index contributed by atoms with van der Waals surface area (Å²) in [5.41, 5.74) is 1.04. The first-order chi connectivity index (χ1) is 13.8. The molecule has 0 aliphatic heterocycles. The highest BCUT2D eigenvalue weighted by molar-refractivity contribution is 7.92. The number of benzene rings is 2. The third kappa shape index (κ3) is 6.28. The summed E-state index contributed by atoms with van der Waals surface area (Å²) in [4.78, 5) is 12.3. The molecule has 8 nitrogen and oxygen atoms in total. The predicted molar refractivity (Wildman–Crippen MR) is 113 cm³/mol. The highest BCUT2D eigenvalue weighted by Gasteiger charge is 2.18. The largest absolute Gasteiger partial charge is 0.497 e. The number of nitrogens with one attached hydrogen (secondary N) is 1. The predicted octanol–water partition coefficient (Wildman–Crippen LogP) is 2.90. The Morgan fingerprint density at radius 3 is 2.14 bits per heavy atom. The van der Waals surface area contributed by atoms with Crippen molar-refractivity contribution >= 4 is 27.3 Å². The number of hydrogen-bond acceptors (Lipinski definition) is 6. The van der Waals surface area contributed by atoms with E-state index in [9.17, 15) is 13.2 Å². The zero-order valence-electron chi connectivity index (χ0n) is 17.0. The van der Waals surface area contributed by atoms with Crippen LogP contribution in [0.25, 0.3) is 0 Å². The summed E-state index contributed by atoms with van der Waals surface area (Å²) >= 11 is 0. The van der Waals surface area contributed by atoms with Gasteiger partial charge in [-0.15, -0.1) is 0 Å². The van der Waals surface area contributed by atoms with Crippen molar-refractivity contribution in [2.75, 3.05) is 43.8 Å². The molecule has 0 heterocycles. The Labute approximate surface area is 171 Å². The first-order valence-electron chi connectivity index (χ1n) is 8.92. The maximum atomic E-state index is 12.3. The van der Waals surface area contributed by atoms with Crippen LogP contribution in [0.4, 0.5) is 11.4 Å². The summed E-state index contributed by atoms with van der Waals surface area (Å²) in [5, 5.41) is 2.78. The van der Waals surface area contributed by atoms with Crippen LogP contribution in [0.5, 0.6) is 17.2 Å². The molecule has 0 atom stereocenters. The van der Waals surface area contributed by atoms with Crippen molar-refractivity contribution in [2.24, 2.45) is 0 Å². The number of hydrogen-bond donors (Lipinski definition) is 1. The van der Waals surface area contributed by atoms with Crippen LogP contribution in [0, 0.1) is 0 Å². The number of ether oxygens (including phenoxy) is 3. The normalized spacial score (nSPS) is 10.9. The van der Waals surface area contributed by atoms with Crippen molar-refractivity contribution in [1.82, 2.24) is 0 Å². The average Bonchev–Trinajstić information content (AvgIpc) is 2.70. The molecule has 158 valence electrons. The lowest BCUT2D eigenvalue weighted by Crippen LogP contribution is -2.31. The zero-order valence-corrected chi connectivity index (χ0v) is 17.8. The second-order valence-electron chi connectivity index (χ2n) is 6.25. The van der Waals surface area contributed by atoms with Crippen molar-refractivity contribution in [3.05, 3.63) is 42.5 Å². The van der Waals surface area contributed by atoms with Gasteiger partial charge in [0, 0.05) is 19.0 Å². The Kier molecular flexibility index (Phi) is 7.72. The summed E-state index contributed by atoms with van der Waals surface area (Å²) in [6, 6.07) is 11.8. The van der Waals surface area contributed by atoms with Crippen LogP contribution < -0.4 is 23.8 Å². The summed E-state index contributed by atoms with van der Waals surface area (Å²) in [7, 11) is 1.10. The van der Waals surface area contributed by atoms with Crippen LogP contribution in [0.1, 0.15) is 12.8 Å². The van der Waals surface area contributed by atoms with Crippen LogP contribution in [-0.4, -0.2) is 48.5 Å². The molecule has 2 aromatic carbocycles. The first-order valence-corrected chi connectivity index (χ1v) is 10.8. The van der Waals surface area contributed by atoms with E-state index in [1.807, 2.05) is 0 Å². The van der Waals surface area contributed by atoms with E-state index in [0.29, 0.717) is 35.0 Å². The van der Waals surface area contributed by atoms with E-state index in [-0.39, 0.29) is 18.9 Å². The summed E-state index contributed by atoms with van der Waals surface area (Å²) in [6.07, 6.45) is 1.64. The number of nitrogens with zero attached hydrogens (tertiary/aromatic N) is 1. The minimum atomic E-state index is -3.49. The van der Waals surface area contributed by atoms with E-state index in [1.54, 1.807) is 56.7 Å². The third-order valence-electron chi connectivity index (χ3n) is 4.21. The van der Waals surface area contributed by atoms with Gasteiger partial charge in [-0.1, -0.05) is 0 Å². The highest BCUT2D eigenvalue weighted by atomic mass is 32.2. The van der Waals surface area contributed by atoms with Gasteiger partial charge in [0.1, 0.15) is 17.2 Å². The highest BCUT2D eigenvalue weighted by Crippen LogP contribution is 2.29. The number of carbonyl (C=O) groups is 1. The fraction of sp³-hybridized carbons (Fsp3) is 0.350. The van der Waals surface area contributed by atoms with Gasteiger partial charge in [0.15, 0.2) is 0 Å². The summed E-state index contributed by atoms with van der Waals surface area (Å²) < 4.78 is 41.1. The van der Waals surface area contributed by atoms with E-state index in [1.165, 1.54) is 11.4 Å². The molecule has 0 bridgehead atoms. The minimum Gasteiger partial charge on any atom is -0.497 e. The second kappa shape index (κ2) is 10.0. The van der Waals surface area contributed by atoms with Crippen molar-refractivity contribution < 1.29 is 27.4 Å². The van der Waals surface area contributed by atoms with Gasteiger partial charge < -0.3 is 19.5 Å². The van der Waals surface area contributed by atoms with Crippen LogP contribution in [-0.2, 0) is 14.8 Å². The van der Waals surface area contributed by atoms with Crippen LogP contribution in [0.15, 0.2) is 42.5 Å². The molecule has 0 fully saturated rings. The molecule has 9 heteroatoms. The van der Waals surface area contributed by atoms with E-state index in [2.05, 4.69) is 5.32 Å². The van der Waals surface area contributed by atoms with Crippen LogP contribution in [0.3, 0.4) is 0 Å². The molecule has 1 N–H and O–H groups in total. The van der Waals surface area contributed by atoms with Gasteiger partial charge >= 0.3 is 0 Å². The zero-order chi connectivity index (χ0) is 21.4. The summed E-state index contributed by atoms with van der Waals surface area (Å²) in [5.74, 6) is 1.49. The van der Waals surface area contributed by atoms with Gasteiger partial charge in [-0.2, -0.15) is 0 Å². The molecular formula is C20H26N2O6S. The lowest BCUT2D eigenvalue weighted by atomic mass is 10.2. The van der Waals surface area contributed by atoms with E-state index in [4.69, 9.17) is 14.2 Å². The van der Waals surface area contributed by atoms with Crippen LogP contribution >= 0.6 is 0 Å². The number of carbonyl (C=O) groups excluding carboxylic acids is 1. The molecule has 0 unspecified atom stereocenters. The second-order valence-corrected chi connectivity index (χ2v) is 8.16. The topological polar surface area (TPSA) is 94.2 Å². The van der Waals surface area contributed by atoms with Gasteiger partial charge in [0.05, 0.1) is 39.0 Å². The number of anilines is 2. The molecule has 2 rings (SSSR count). The fourth-order valence-corrected chi connectivity index (χ4v) is 3.70. The molecule has 29 heavy (non-hydrogen) atoms. The molecule has 0 aromatic heterocycles. The maximum absolute atomic E-state index is 12.3. The van der Waals surface area contributed by atoms with Crippen molar-refractivity contribution in [2.45, 2.75) is 12.8 Å². The Hall–Kier alpha value is -2.94. The molecule has 1 amide bonds. The standard InChI is InChI=1S/C20H26N2O6S/c1-26-16-9-7-15(8-10-16)22(29(4,24)25)13-5-6-20(23)21-18-12-11-17(27-2)14-19(18)28-3/h7-12,14H,5-6,13H2,1-4H3,(H,21,23). The van der Waals surface area contributed by atoms with Crippen molar-refractivity contribution in [3.8, 4) is 17.2 Å². The van der Waals surface area contributed by atoms with Crippen molar-refractivity contribution in [1.29, 1.82) is 0 Å². The molecule has 0 spiro atoms. The molecule has 0 aliphatic rings. The lowest BCUT2D eigenvalue weighted by molar-refractivity contribution is -0.116. The fourth-order valence-electron chi connectivity index (χ4n) is 2.73. The quantitative estimate of drug-likeness (QED) is 0.633. The molecular weight excluding hydrogens is 396 g/mol. The van der Waals surface area contributed by atoms with Gasteiger partial charge in [-0.25, -0.2) is 8.42 Å². The van der Waals surface area contributed by atoms with Gasteiger partial charge in [0.2, 0.25) is 15.9 Å². The smallest absolute Gasteiger partial charge is 0.232 e. The summed E-state index contributed by atoms with van der Waals surface area (Å²) in [6.45, 7) is 0.179.